The first-order valence-corrected chi connectivity index (χ1v) is 5.06. The van der Waals surface area contributed by atoms with Crippen LogP contribution < -0.4 is 10.1 Å². The predicted molar refractivity (Wildman–Crippen MR) is 59.6 cm³/mol. The first-order chi connectivity index (χ1) is 7.67. The maximum atomic E-state index is 10.7. The van der Waals surface area contributed by atoms with Crippen LogP contribution in [0.1, 0.15) is 12.1 Å². The second-order valence-electron chi connectivity index (χ2n) is 3.41. The first kappa shape index (κ1) is 12.4. The van der Waals surface area contributed by atoms with Crippen LogP contribution in [0.3, 0.4) is 0 Å². The fraction of sp³-hybridized carbons (Fsp3) is 0.455. The summed E-state index contributed by atoms with van der Waals surface area (Å²) in [4.78, 5) is 14.9. The van der Waals surface area contributed by atoms with Gasteiger partial charge >= 0.3 is 5.97 Å². The van der Waals surface area contributed by atoms with Crippen LogP contribution >= 0.6 is 0 Å². The molecule has 0 amide bonds. The van der Waals surface area contributed by atoms with Crippen molar-refractivity contribution in [2.75, 3.05) is 14.2 Å². The van der Waals surface area contributed by atoms with E-state index in [9.17, 15) is 4.79 Å². The summed E-state index contributed by atoms with van der Waals surface area (Å²) in [6.07, 6.45) is 2.78. The number of ether oxygens (including phenoxy) is 1. The van der Waals surface area contributed by atoms with Crippen molar-refractivity contribution >= 4 is 5.97 Å². The minimum Gasteiger partial charge on any atom is -0.495 e. The number of hydrogen-bond donors (Lipinski definition) is 2. The van der Waals surface area contributed by atoms with Gasteiger partial charge in [-0.25, -0.2) is 0 Å². The lowest BCUT2D eigenvalue weighted by molar-refractivity contribution is -0.139. The van der Waals surface area contributed by atoms with E-state index in [4.69, 9.17) is 9.84 Å². The van der Waals surface area contributed by atoms with Crippen molar-refractivity contribution in [3.05, 3.63) is 24.0 Å². The smallest absolute Gasteiger partial charge is 0.320 e. The number of pyridine rings is 1. The van der Waals surface area contributed by atoms with Crippen LogP contribution in [-0.2, 0) is 11.2 Å². The zero-order valence-electron chi connectivity index (χ0n) is 9.43. The number of nitrogens with zero attached hydrogens (tertiary/aromatic N) is 1. The fourth-order valence-electron chi connectivity index (χ4n) is 1.36. The summed E-state index contributed by atoms with van der Waals surface area (Å²) in [5.74, 6) is -0.136. The Kier molecular flexibility index (Phi) is 4.72. The second kappa shape index (κ2) is 6.07. The molecule has 0 aliphatic heterocycles. The summed E-state index contributed by atoms with van der Waals surface area (Å²) in [6.45, 7) is 0. The van der Waals surface area contributed by atoms with Crippen molar-refractivity contribution in [2.24, 2.45) is 0 Å². The third-order valence-corrected chi connectivity index (χ3v) is 2.37. The lowest BCUT2D eigenvalue weighted by atomic mass is 10.1. The molecule has 5 heteroatoms. The second-order valence-corrected chi connectivity index (χ2v) is 3.41. The van der Waals surface area contributed by atoms with Gasteiger partial charge in [0.1, 0.15) is 11.8 Å². The van der Waals surface area contributed by atoms with Gasteiger partial charge in [-0.3, -0.25) is 9.78 Å². The normalized spacial score (nSPS) is 12.1. The van der Waals surface area contributed by atoms with E-state index in [-0.39, 0.29) is 0 Å². The van der Waals surface area contributed by atoms with Crippen molar-refractivity contribution in [1.82, 2.24) is 10.3 Å². The van der Waals surface area contributed by atoms with Crippen molar-refractivity contribution in [3.63, 3.8) is 0 Å². The van der Waals surface area contributed by atoms with Gasteiger partial charge in [-0.1, -0.05) is 0 Å². The van der Waals surface area contributed by atoms with Gasteiger partial charge in [-0.15, -0.1) is 0 Å². The van der Waals surface area contributed by atoms with Gasteiger partial charge in [0, 0.05) is 5.69 Å². The number of aliphatic carboxylic acids is 1. The van der Waals surface area contributed by atoms with E-state index in [2.05, 4.69) is 10.3 Å². The Morgan fingerprint density at radius 1 is 1.62 bits per heavy atom. The molecule has 0 saturated heterocycles. The number of aryl methyl sites for hydroxylation is 1. The Hall–Kier alpha value is -1.62. The maximum absolute atomic E-state index is 10.7. The molecule has 0 radical (unpaired) electrons. The molecule has 16 heavy (non-hydrogen) atoms. The fourth-order valence-corrected chi connectivity index (χ4v) is 1.36. The van der Waals surface area contributed by atoms with Crippen molar-refractivity contribution in [1.29, 1.82) is 0 Å². The van der Waals surface area contributed by atoms with E-state index in [1.165, 1.54) is 0 Å². The number of methoxy groups -OCH3 is 1. The Bertz CT molecular complexity index is 338. The minimum atomic E-state index is -0.837. The summed E-state index contributed by atoms with van der Waals surface area (Å²) < 4.78 is 4.99. The van der Waals surface area contributed by atoms with Gasteiger partial charge < -0.3 is 15.2 Å². The number of carboxylic acid groups (broad SMARTS) is 1. The molecule has 5 nitrogen and oxygen atoms in total. The van der Waals surface area contributed by atoms with E-state index in [1.54, 1.807) is 20.4 Å². The summed E-state index contributed by atoms with van der Waals surface area (Å²) in [6, 6.07) is 3.13. The molecule has 1 atom stereocenters. The number of aromatic nitrogens is 1. The molecular formula is C11H16N2O3. The highest BCUT2D eigenvalue weighted by Crippen LogP contribution is 2.09. The van der Waals surface area contributed by atoms with Crippen LogP contribution in [-0.4, -0.2) is 36.3 Å². The topological polar surface area (TPSA) is 71.5 Å². The Balaban J connectivity index is 2.50. The molecule has 1 aromatic heterocycles. The van der Waals surface area contributed by atoms with Crippen LogP contribution in [0.2, 0.25) is 0 Å². The van der Waals surface area contributed by atoms with Gasteiger partial charge in [0.25, 0.3) is 0 Å². The highest BCUT2D eigenvalue weighted by molar-refractivity contribution is 5.73. The summed E-state index contributed by atoms with van der Waals surface area (Å²) in [7, 11) is 3.22. The number of carboxylic acids is 1. The Morgan fingerprint density at radius 2 is 2.38 bits per heavy atom. The Labute approximate surface area is 94.5 Å². The quantitative estimate of drug-likeness (QED) is 0.744. The number of likely N-dealkylation sites (N-methyl/N-ethyl adjacent to an activating group) is 1. The molecule has 1 unspecified atom stereocenters. The van der Waals surface area contributed by atoms with Crippen LogP contribution in [0, 0.1) is 0 Å². The minimum absolute atomic E-state index is 0.519. The average Bonchev–Trinajstić information content (AvgIpc) is 2.30. The lowest BCUT2D eigenvalue weighted by Gasteiger charge is -2.10. The van der Waals surface area contributed by atoms with Gasteiger partial charge in [0.05, 0.1) is 13.3 Å². The zero-order valence-corrected chi connectivity index (χ0v) is 9.43. The lowest BCUT2D eigenvalue weighted by Crippen LogP contribution is -2.34. The largest absolute Gasteiger partial charge is 0.495 e. The summed E-state index contributed by atoms with van der Waals surface area (Å²) in [5, 5.41) is 11.6. The first-order valence-electron chi connectivity index (χ1n) is 5.06. The van der Waals surface area contributed by atoms with Crippen molar-refractivity contribution in [2.45, 2.75) is 18.9 Å². The third kappa shape index (κ3) is 3.51. The zero-order chi connectivity index (χ0) is 12.0. The third-order valence-electron chi connectivity index (χ3n) is 2.37. The van der Waals surface area contributed by atoms with Crippen LogP contribution in [0.5, 0.6) is 5.75 Å². The Morgan fingerprint density at radius 3 is 2.81 bits per heavy atom. The number of nitrogens with one attached hydrogen (secondary N) is 1. The van der Waals surface area contributed by atoms with Crippen molar-refractivity contribution < 1.29 is 14.6 Å². The molecule has 0 fully saturated rings. The highest BCUT2D eigenvalue weighted by atomic mass is 16.5. The number of rotatable bonds is 6. The summed E-state index contributed by atoms with van der Waals surface area (Å²) in [5.41, 5.74) is 0.863. The van der Waals surface area contributed by atoms with E-state index >= 15 is 0 Å². The van der Waals surface area contributed by atoms with Gasteiger partial charge in [0.2, 0.25) is 0 Å². The molecule has 0 aromatic carbocycles. The number of carbonyl (C=O) groups is 1. The monoisotopic (exact) mass is 224 g/mol. The number of hydrogen-bond acceptors (Lipinski definition) is 4. The van der Waals surface area contributed by atoms with Crippen LogP contribution in [0.4, 0.5) is 0 Å². The van der Waals surface area contributed by atoms with Crippen molar-refractivity contribution in [3.8, 4) is 5.75 Å². The van der Waals surface area contributed by atoms with Crippen LogP contribution in [0.25, 0.3) is 0 Å². The maximum Gasteiger partial charge on any atom is 0.320 e. The molecule has 1 aromatic rings. The molecule has 88 valence electrons. The molecule has 0 saturated carbocycles. The predicted octanol–water partition coefficient (Wildman–Crippen LogP) is 0.695. The van der Waals surface area contributed by atoms with Gasteiger partial charge in [-0.05, 0) is 32.0 Å². The van der Waals surface area contributed by atoms with E-state index in [0.717, 1.165) is 5.69 Å². The molecule has 0 aliphatic carbocycles. The van der Waals surface area contributed by atoms with Gasteiger partial charge in [0.15, 0.2) is 0 Å². The standard InChI is InChI=1S/C11H16N2O3/c1-12-10(11(14)15)6-4-8-3-5-9(16-2)7-13-8/h3,5,7,10,12H,4,6H2,1-2H3,(H,14,15). The summed E-state index contributed by atoms with van der Waals surface area (Å²) >= 11 is 0. The molecule has 1 heterocycles. The SMILES string of the molecule is CNC(CCc1ccc(OC)cn1)C(=O)O. The van der Waals surface area contributed by atoms with Gasteiger partial charge in [-0.2, -0.15) is 0 Å². The molecule has 0 aliphatic rings. The molecule has 1 rings (SSSR count). The highest BCUT2D eigenvalue weighted by Gasteiger charge is 2.14. The van der Waals surface area contributed by atoms with E-state index < -0.39 is 12.0 Å². The molecule has 0 spiro atoms. The van der Waals surface area contributed by atoms with E-state index in [1.807, 2.05) is 12.1 Å². The van der Waals surface area contributed by atoms with E-state index in [0.29, 0.717) is 18.6 Å². The molecule has 0 bridgehead atoms. The average molecular weight is 224 g/mol. The molecular weight excluding hydrogens is 208 g/mol. The van der Waals surface area contributed by atoms with Crippen LogP contribution in [0.15, 0.2) is 18.3 Å². The molecule has 2 N–H and O–H groups in total.